The number of thiophene rings is 1. The number of methoxy groups -OCH3 is 3. The Labute approximate surface area is 202 Å². The van der Waals surface area contributed by atoms with Gasteiger partial charge in [-0.15, -0.1) is 11.3 Å². The van der Waals surface area contributed by atoms with Crippen LogP contribution in [0.1, 0.15) is 35.2 Å². The second-order valence-electron chi connectivity index (χ2n) is 7.85. The van der Waals surface area contributed by atoms with E-state index in [1.165, 1.54) is 11.3 Å². The van der Waals surface area contributed by atoms with Crippen molar-refractivity contribution in [3.8, 4) is 28.4 Å². The van der Waals surface area contributed by atoms with Crippen LogP contribution in [-0.2, 0) is 9.53 Å². The highest BCUT2D eigenvalue weighted by Gasteiger charge is 2.44. The molecule has 0 aliphatic heterocycles. The molecule has 2 aromatic carbocycles. The molecule has 1 fully saturated rings. The molecule has 34 heavy (non-hydrogen) atoms. The fourth-order valence-corrected chi connectivity index (χ4v) is 4.94. The number of benzene rings is 2. The molecular weight excluding hydrogens is 454 g/mol. The van der Waals surface area contributed by atoms with E-state index in [0.717, 1.165) is 23.3 Å². The number of nitrogens with one attached hydrogen (secondary N) is 1. The Balaban J connectivity index is 1.58. The number of hydrogen-bond acceptors (Lipinski definition) is 7. The van der Waals surface area contributed by atoms with Gasteiger partial charge in [-0.25, -0.2) is 4.79 Å². The minimum atomic E-state index is -0.480. The molecular formula is C26H27NO6S. The van der Waals surface area contributed by atoms with Gasteiger partial charge in [-0.3, -0.25) is 4.79 Å². The minimum Gasteiger partial charge on any atom is -0.497 e. The third kappa shape index (κ3) is 4.72. The molecule has 0 bridgehead atoms. The molecule has 7 nitrogen and oxygen atoms in total. The highest BCUT2D eigenvalue weighted by molar-refractivity contribution is 7.15. The fourth-order valence-electron chi connectivity index (χ4n) is 3.98. The van der Waals surface area contributed by atoms with E-state index in [1.807, 2.05) is 35.7 Å². The van der Waals surface area contributed by atoms with Crippen molar-refractivity contribution in [2.45, 2.75) is 19.3 Å². The van der Waals surface area contributed by atoms with Crippen LogP contribution in [0.25, 0.3) is 11.1 Å². The molecule has 8 heteroatoms. The lowest BCUT2D eigenvalue weighted by Gasteiger charge is -2.11. The first-order chi connectivity index (χ1) is 16.5. The molecule has 1 aliphatic carbocycles. The number of rotatable bonds is 9. The zero-order valence-corrected chi connectivity index (χ0v) is 20.4. The number of carbonyl (C=O) groups is 2. The first kappa shape index (κ1) is 23.6. The number of hydrogen-bond donors (Lipinski definition) is 1. The SMILES string of the molecule is CCOC(=O)c1c(-c2ccc(OC)c(OC)c2)csc1NC(=O)C1CC1c1ccc(OC)cc1. The molecule has 178 valence electrons. The zero-order chi connectivity index (χ0) is 24.2. The second-order valence-corrected chi connectivity index (χ2v) is 8.73. The number of ether oxygens (including phenoxy) is 4. The number of carbonyl (C=O) groups excluding carboxylic acids is 2. The van der Waals surface area contributed by atoms with Gasteiger partial charge in [0.05, 0.1) is 27.9 Å². The van der Waals surface area contributed by atoms with Gasteiger partial charge in [-0.2, -0.15) is 0 Å². The Morgan fingerprint density at radius 2 is 1.74 bits per heavy atom. The van der Waals surface area contributed by atoms with Gasteiger partial charge in [0.25, 0.3) is 0 Å². The van der Waals surface area contributed by atoms with Crippen molar-refractivity contribution in [2.75, 3.05) is 33.3 Å². The Bertz CT molecular complexity index is 1190. The quantitative estimate of drug-likeness (QED) is 0.414. The summed E-state index contributed by atoms with van der Waals surface area (Å²) >= 11 is 1.30. The maximum atomic E-state index is 13.0. The summed E-state index contributed by atoms with van der Waals surface area (Å²) in [5.41, 5.74) is 2.88. The van der Waals surface area contributed by atoms with E-state index in [-0.39, 0.29) is 24.3 Å². The molecule has 0 spiro atoms. The lowest BCUT2D eigenvalue weighted by atomic mass is 10.0. The maximum Gasteiger partial charge on any atom is 0.341 e. The van der Waals surface area contributed by atoms with Crippen molar-refractivity contribution in [3.05, 3.63) is 59.0 Å². The summed E-state index contributed by atoms with van der Waals surface area (Å²) in [5, 5.41) is 5.30. The normalized spacial score (nSPS) is 16.5. The molecule has 1 heterocycles. The Kier molecular flexibility index (Phi) is 7.07. The fraction of sp³-hybridized carbons (Fsp3) is 0.308. The van der Waals surface area contributed by atoms with Gasteiger partial charge in [0, 0.05) is 16.9 Å². The van der Waals surface area contributed by atoms with Crippen molar-refractivity contribution >= 4 is 28.2 Å². The van der Waals surface area contributed by atoms with Crippen molar-refractivity contribution in [2.24, 2.45) is 5.92 Å². The summed E-state index contributed by atoms with van der Waals surface area (Å²) in [7, 11) is 4.75. The summed E-state index contributed by atoms with van der Waals surface area (Å²) in [5.74, 6) is 1.35. The van der Waals surface area contributed by atoms with E-state index < -0.39 is 5.97 Å². The zero-order valence-electron chi connectivity index (χ0n) is 19.5. The van der Waals surface area contributed by atoms with Crippen LogP contribution in [0.4, 0.5) is 5.00 Å². The van der Waals surface area contributed by atoms with Crippen molar-refractivity contribution in [1.82, 2.24) is 0 Å². The topological polar surface area (TPSA) is 83.1 Å². The molecule has 4 rings (SSSR count). The van der Waals surface area contributed by atoms with Crippen molar-refractivity contribution < 1.29 is 28.5 Å². The minimum absolute atomic E-state index is 0.105. The number of esters is 1. The smallest absolute Gasteiger partial charge is 0.341 e. The van der Waals surface area contributed by atoms with Gasteiger partial charge in [0.1, 0.15) is 16.3 Å². The highest BCUT2D eigenvalue weighted by Crippen LogP contribution is 2.49. The first-order valence-electron chi connectivity index (χ1n) is 11.0. The maximum absolute atomic E-state index is 13.0. The second kappa shape index (κ2) is 10.2. The van der Waals surface area contributed by atoms with E-state index >= 15 is 0 Å². The summed E-state index contributed by atoms with van der Waals surface area (Å²) in [6.07, 6.45) is 0.765. The molecule has 2 atom stereocenters. The van der Waals surface area contributed by atoms with Gasteiger partial charge in [0.2, 0.25) is 5.91 Å². The monoisotopic (exact) mass is 481 g/mol. The van der Waals surface area contributed by atoms with E-state index in [4.69, 9.17) is 18.9 Å². The number of anilines is 1. The van der Waals surface area contributed by atoms with Gasteiger partial charge in [-0.1, -0.05) is 18.2 Å². The summed E-state index contributed by atoms with van der Waals surface area (Å²) in [6.45, 7) is 1.98. The molecule has 1 aromatic heterocycles. The van der Waals surface area contributed by atoms with Gasteiger partial charge >= 0.3 is 5.97 Å². The predicted molar refractivity (Wildman–Crippen MR) is 131 cm³/mol. The molecule has 1 amide bonds. The van der Waals surface area contributed by atoms with Crippen LogP contribution in [0.15, 0.2) is 47.8 Å². The predicted octanol–water partition coefficient (Wildman–Crippen LogP) is 5.36. The lowest BCUT2D eigenvalue weighted by Crippen LogP contribution is -2.16. The summed E-state index contributed by atoms with van der Waals surface area (Å²) < 4.78 is 21.2. The standard InChI is InChI=1S/C26H27NO6S/c1-5-33-26(29)23-20(16-8-11-21(31-3)22(12-16)32-4)14-34-25(23)27-24(28)19-13-18(19)15-6-9-17(30-2)10-7-15/h6-12,14,18-19H,5,13H2,1-4H3,(H,27,28). The molecule has 1 N–H and O–H groups in total. The van der Waals surface area contributed by atoms with Crippen LogP contribution in [0.2, 0.25) is 0 Å². The highest BCUT2D eigenvalue weighted by atomic mass is 32.1. The Hall–Kier alpha value is -3.52. The molecule has 1 aliphatic rings. The van der Waals surface area contributed by atoms with E-state index in [1.54, 1.807) is 40.4 Å². The van der Waals surface area contributed by atoms with Gasteiger partial charge in [-0.05, 0) is 54.7 Å². The average molecular weight is 482 g/mol. The summed E-state index contributed by atoms with van der Waals surface area (Å²) in [4.78, 5) is 25.9. The molecule has 2 unspecified atom stereocenters. The van der Waals surface area contributed by atoms with Crippen LogP contribution < -0.4 is 19.5 Å². The molecule has 0 radical (unpaired) electrons. The lowest BCUT2D eigenvalue weighted by molar-refractivity contribution is -0.117. The van der Waals surface area contributed by atoms with E-state index in [2.05, 4.69) is 5.32 Å². The molecule has 0 saturated heterocycles. The van der Waals surface area contributed by atoms with Crippen molar-refractivity contribution in [3.63, 3.8) is 0 Å². The Morgan fingerprint density at radius 1 is 1.00 bits per heavy atom. The first-order valence-corrected chi connectivity index (χ1v) is 11.8. The van der Waals surface area contributed by atoms with Crippen LogP contribution in [-0.4, -0.2) is 39.8 Å². The Morgan fingerprint density at radius 3 is 2.38 bits per heavy atom. The van der Waals surface area contributed by atoms with Gasteiger partial charge < -0.3 is 24.3 Å². The summed E-state index contributed by atoms with van der Waals surface area (Å²) in [6, 6.07) is 13.2. The number of amides is 1. The third-order valence-corrected chi connectivity index (χ3v) is 6.77. The molecule has 1 saturated carbocycles. The van der Waals surface area contributed by atoms with E-state index in [0.29, 0.717) is 27.6 Å². The van der Waals surface area contributed by atoms with Crippen LogP contribution in [0, 0.1) is 5.92 Å². The van der Waals surface area contributed by atoms with Crippen LogP contribution >= 0.6 is 11.3 Å². The van der Waals surface area contributed by atoms with Crippen molar-refractivity contribution in [1.29, 1.82) is 0 Å². The average Bonchev–Trinajstić information content (AvgIpc) is 3.57. The van der Waals surface area contributed by atoms with Crippen LogP contribution in [0.3, 0.4) is 0 Å². The van der Waals surface area contributed by atoms with Crippen LogP contribution in [0.5, 0.6) is 17.2 Å². The largest absolute Gasteiger partial charge is 0.497 e. The van der Waals surface area contributed by atoms with E-state index in [9.17, 15) is 9.59 Å². The third-order valence-electron chi connectivity index (χ3n) is 5.87. The van der Waals surface area contributed by atoms with Gasteiger partial charge in [0.15, 0.2) is 11.5 Å². The molecule has 3 aromatic rings.